The van der Waals surface area contributed by atoms with Gasteiger partial charge in [0.15, 0.2) is 0 Å². The summed E-state index contributed by atoms with van der Waals surface area (Å²) >= 11 is 3.60. The number of methoxy groups -OCH3 is 1. The second kappa shape index (κ2) is 6.26. The van der Waals surface area contributed by atoms with E-state index in [2.05, 4.69) is 69.6 Å². The van der Waals surface area contributed by atoms with E-state index in [1.165, 1.54) is 33.3 Å². The molecule has 3 aromatic rings. The van der Waals surface area contributed by atoms with E-state index in [-0.39, 0.29) is 6.04 Å². The van der Waals surface area contributed by atoms with E-state index in [0.717, 1.165) is 29.6 Å². The number of hydrogen-bond acceptors (Lipinski definition) is 2. The van der Waals surface area contributed by atoms with Crippen LogP contribution in [0.5, 0.6) is 5.75 Å². The number of ether oxygens (including phenoxy) is 1. The average Bonchev–Trinajstić information content (AvgIpc) is 2.99. The summed E-state index contributed by atoms with van der Waals surface area (Å²) in [5, 5.41) is 5.03. The van der Waals surface area contributed by atoms with Gasteiger partial charge in [0.1, 0.15) is 5.75 Å². The maximum atomic E-state index is 5.40. The Bertz CT molecular complexity index is 900. The summed E-state index contributed by atoms with van der Waals surface area (Å²) in [5.74, 6) is 0.923. The smallest absolute Gasteiger partial charge is 0.119 e. The zero-order valence-electron chi connectivity index (χ0n) is 13.9. The number of benzene rings is 2. The molecule has 0 amide bonds. The summed E-state index contributed by atoms with van der Waals surface area (Å²) in [6.07, 6.45) is 2.05. The van der Waals surface area contributed by atoms with E-state index in [9.17, 15) is 0 Å². The van der Waals surface area contributed by atoms with Crippen molar-refractivity contribution in [3.63, 3.8) is 0 Å². The topological polar surface area (TPSA) is 37.0 Å². The van der Waals surface area contributed by atoms with E-state index in [0.29, 0.717) is 0 Å². The molecule has 0 radical (unpaired) electrons. The first kappa shape index (κ1) is 15.7. The maximum Gasteiger partial charge on any atom is 0.119 e. The second-order valence-electron chi connectivity index (χ2n) is 6.26. The number of aromatic nitrogens is 1. The Morgan fingerprint density at radius 2 is 2.08 bits per heavy atom. The molecule has 4 heteroatoms. The van der Waals surface area contributed by atoms with Crippen LogP contribution in [0.3, 0.4) is 0 Å². The molecule has 0 fully saturated rings. The first-order chi connectivity index (χ1) is 11.7. The molecule has 1 aliphatic rings. The Labute approximate surface area is 150 Å². The molecule has 0 aliphatic carbocycles. The molecule has 1 aliphatic heterocycles. The summed E-state index contributed by atoms with van der Waals surface area (Å²) in [6, 6.07) is 13.1. The fourth-order valence-electron chi connectivity index (χ4n) is 3.76. The number of nitrogens with one attached hydrogen (secondary N) is 2. The van der Waals surface area contributed by atoms with Gasteiger partial charge in [-0.15, -0.1) is 0 Å². The number of aromatic amines is 1. The van der Waals surface area contributed by atoms with E-state index in [1.807, 2.05) is 0 Å². The highest BCUT2D eigenvalue weighted by atomic mass is 79.9. The zero-order valence-corrected chi connectivity index (χ0v) is 15.5. The van der Waals surface area contributed by atoms with Gasteiger partial charge in [0.25, 0.3) is 0 Å². The number of rotatable bonds is 3. The van der Waals surface area contributed by atoms with E-state index >= 15 is 0 Å². The first-order valence-corrected chi connectivity index (χ1v) is 9.20. The number of H-pyrrole nitrogens is 1. The minimum absolute atomic E-state index is 0.209. The molecular formula is C20H21BrN2O. The van der Waals surface area contributed by atoms with Gasteiger partial charge in [0.2, 0.25) is 0 Å². The lowest BCUT2D eigenvalue weighted by molar-refractivity contribution is 0.413. The number of fused-ring (bicyclic) bond motifs is 3. The summed E-state index contributed by atoms with van der Waals surface area (Å²) in [4.78, 5) is 3.66. The van der Waals surface area contributed by atoms with Gasteiger partial charge in [0, 0.05) is 27.6 Å². The molecule has 0 spiro atoms. The Kier molecular flexibility index (Phi) is 4.10. The lowest BCUT2D eigenvalue weighted by atomic mass is 9.90. The van der Waals surface area contributed by atoms with E-state index in [4.69, 9.17) is 4.74 Å². The molecule has 4 rings (SSSR count). The predicted octanol–water partition coefficient (Wildman–Crippen LogP) is 4.74. The molecule has 124 valence electrons. The third-order valence-electron chi connectivity index (χ3n) is 4.96. The molecule has 1 aromatic heterocycles. The normalized spacial score (nSPS) is 17.0. The van der Waals surface area contributed by atoms with Gasteiger partial charge < -0.3 is 15.0 Å². The molecule has 1 atom stereocenters. The lowest BCUT2D eigenvalue weighted by Crippen LogP contribution is -2.31. The van der Waals surface area contributed by atoms with Gasteiger partial charge in [-0.25, -0.2) is 0 Å². The largest absolute Gasteiger partial charge is 0.497 e. The van der Waals surface area contributed by atoms with E-state index < -0.39 is 0 Å². The zero-order chi connectivity index (χ0) is 16.7. The third kappa shape index (κ3) is 2.54. The van der Waals surface area contributed by atoms with Crippen LogP contribution in [0, 0.1) is 0 Å². The monoisotopic (exact) mass is 384 g/mol. The molecule has 3 nitrogen and oxygen atoms in total. The van der Waals surface area contributed by atoms with Crippen molar-refractivity contribution < 1.29 is 4.74 Å². The second-order valence-corrected chi connectivity index (χ2v) is 7.18. The molecule has 2 N–H and O–H groups in total. The molecule has 0 saturated carbocycles. The van der Waals surface area contributed by atoms with Crippen molar-refractivity contribution >= 4 is 26.8 Å². The van der Waals surface area contributed by atoms with Crippen molar-refractivity contribution in [2.75, 3.05) is 13.7 Å². The fourth-order valence-corrected chi connectivity index (χ4v) is 4.12. The minimum atomic E-state index is 0.209. The highest BCUT2D eigenvalue weighted by Crippen LogP contribution is 2.36. The Morgan fingerprint density at radius 3 is 2.88 bits per heavy atom. The van der Waals surface area contributed by atoms with Crippen LogP contribution in [-0.4, -0.2) is 18.6 Å². The SMILES string of the molecule is CCc1cc(OC)ccc1C1NCCc2c1[nH]c1ccc(Br)cc21. The molecule has 2 aromatic carbocycles. The lowest BCUT2D eigenvalue weighted by Gasteiger charge is -2.27. The van der Waals surface area contributed by atoms with Crippen LogP contribution in [0.15, 0.2) is 40.9 Å². The fraction of sp³-hybridized carbons (Fsp3) is 0.300. The first-order valence-electron chi connectivity index (χ1n) is 8.41. The Morgan fingerprint density at radius 1 is 1.21 bits per heavy atom. The van der Waals surface area contributed by atoms with Crippen molar-refractivity contribution in [2.45, 2.75) is 25.8 Å². The van der Waals surface area contributed by atoms with Crippen molar-refractivity contribution in [3.8, 4) is 5.75 Å². The maximum absolute atomic E-state index is 5.40. The van der Waals surface area contributed by atoms with Crippen LogP contribution >= 0.6 is 15.9 Å². The standard InChI is InChI=1S/C20H21BrN2O/c1-3-12-10-14(24-2)5-6-15(12)19-20-16(8-9-22-19)17-11-13(21)4-7-18(17)23-20/h4-7,10-11,19,22-23H,3,8-9H2,1-2H3. The molecule has 24 heavy (non-hydrogen) atoms. The van der Waals surface area contributed by atoms with Crippen LogP contribution in [0.2, 0.25) is 0 Å². The van der Waals surface area contributed by atoms with Gasteiger partial charge in [-0.2, -0.15) is 0 Å². The van der Waals surface area contributed by atoms with Gasteiger partial charge in [-0.05, 0) is 59.9 Å². The van der Waals surface area contributed by atoms with E-state index in [1.54, 1.807) is 7.11 Å². The van der Waals surface area contributed by atoms with Crippen LogP contribution in [0.1, 0.15) is 35.3 Å². The van der Waals surface area contributed by atoms with Crippen LogP contribution in [0.4, 0.5) is 0 Å². The molecular weight excluding hydrogens is 364 g/mol. The van der Waals surface area contributed by atoms with Gasteiger partial charge in [0.05, 0.1) is 13.2 Å². The van der Waals surface area contributed by atoms with Crippen molar-refractivity contribution in [1.82, 2.24) is 10.3 Å². The van der Waals surface area contributed by atoms with Gasteiger partial charge in [-0.3, -0.25) is 0 Å². The number of hydrogen-bond donors (Lipinski definition) is 2. The number of aryl methyl sites for hydroxylation is 1. The Hall–Kier alpha value is -1.78. The van der Waals surface area contributed by atoms with Gasteiger partial charge in [-0.1, -0.05) is 28.9 Å². The Balaban J connectivity index is 1.86. The average molecular weight is 385 g/mol. The summed E-state index contributed by atoms with van der Waals surface area (Å²) in [7, 11) is 1.72. The third-order valence-corrected chi connectivity index (χ3v) is 5.45. The van der Waals surface area contributed by atoms with Crippen molar-refractivity contribution in [3.05, 3.63) is 63.3 Å². The van der Waals surface area contributed by atoms with Crippen LogP contribution in [-0.2, 0) is 12.8 Å². The highest BCUT2D eigenvalue weighted by Gasteiger charge is 2.26. The predicted molar refractivity (Wildman–Crippen MR) is 102 cm³/mol. The summed E-state index contributed by atoms with van der Waals surface area (Å²) in [5.41, 5.74) is 6.62. The van der Waals surface area contributed by atoms with Crippen molar-refractivity contribution in [1.29, 1.82) is 0 Å². The molecule has 2 heterocycles. The van der Waals surface area contributed by atoms with Crippen LogP contribution in [0.25, 0.3) is 10.9 Å². The molecule has 0 saturated heterocycles. The molecule has 0 bridgehead atoms. The van der Waals surface area contributed by atoms with Crippen molar-refractivity contribution in [2.24, 2.45) is 0 Å². The van der Waals surface area contributed by atoms with Gasteiger partial charge >= 0.3 is 0 Å². The minimum Gasteiger partial charge on any atom is -0.497 e. The summed E-state index contributed by atoms with van der Waals surface area (Å²) in [6.45, 7) is 3.19. The highest BCUT2D eigenvalue weighted by molar-refractivity contribution is 9.10. The number of halogens is 1. The van der Waals surface area contributed by atoms with Crippen LogP contribution < -0.4 is 10.1 Å². The summed E-state index contributed by atoms with van der Waals surface area (Å²) < 4.78 is 6.53. The molecule has 1 unspecified atom stereocenters. The quantitative estimate of drug-likeness (QED) is 0.684.